The van der Waals surface area contributed by atoms with Gasteiger partial charge in [-0.3, -0.25) is 19.1 Å². The molecule has 1 saturated heterocycles. The standard InChI is InChI=1S/C25H29N5O4/c1-17-7-8-24(32)30(17)18(2)16-34-25(33)13-20-6-4-5-19(11-20)12-22-23(31)9-10-29(27-22)21-14-26-28(3)15-21/h4-6,9-11,14-15,17-18H,7-8,12-13,16H2,1-3H3/t17?,18-/m0/s1. The molecule has 1 fully saturated rings. The van der Waals surface area contributed by atoms with Gasteiger partial charge >= 0.3 is 5.97 Å². The molecule has 3 heterocycles. The van der Waals surface area contributed by atoms with Crippen molar-refractivity contribution in [3.05, 3.63) is 76.0 Å². The minimum Gasteiger partial charge on any atom is -0.463 e. The molecule has 4 rings (SSSR count). The van der Waals surface area contributed by atoms with Crippen molar-refractivity contribution in [3.63, 3.8) is 0 Å². The summed E-state index contributed by atoms with van der Waals surface area (Å²) in [6.45, 7) is 4.09. The number of hydrogen-bond donors (Lipinski definition) is 0. The lowest BCUT2D eigenvalue weighted by molar-refractivity contribution is -0.147. The van der Waals surface area contributed by atoms with Gasteiger partial charge in [0.2, 0.25) is 11.3 Å². The summed E-state index contributed by atoms with van der Waals surface area (Å²) in [5, 5.41) is 8.61. The second-order valence-electron chi connectivity index (χ2n) is 8.84. The summed E-state index contributed by atoms with van der Waals surface area (Å²) in [6.07, 6.45) is 6.96. The summed E-state index contributed by atoms with van der Waals surface area (Å²) >= 11 is 0. The lowest BCUT2D eigenvalue weighted by Gasteiger charge is -2.28. The van der Waals surface area contributed by atoms with Gasteiger partial charge in [-0.15, -0.1) is 0 Å². The Morgan fingerprint density at radius 2 is 2.03 bits per heavy atom. The highest BCUT2D eigenvalue weighted by atomic mass is 16.5. The van der Waals surface area contributed by atoms with E-state index in [0.717, 1.165) is 23.2 Å². The molecule has 1 amide bonds. The monoisotopic (exact) mass is 463 g/mol. The van der Waals surface area contributed by atoms with Gasteiger partial charge < -0.3 is 9.64 Å². The van der Waals surface area contributed by atoms with Crippen LogP contribution in [0.5, 0.6) is 0 Å². The smallest absolute Gasteiger partial charge is 0.310 e. The van der Waals surface area contributed by atoms with Crippen LogP contribution in [0.15, 0.2) is 53.7 Å². The maximum absolute atomic E-state index is 12.4. The van der Waals surface area contributed by atoms with Crippen molar-refractivity contribution in [3.8, 4) is 5.69 Å². The Balaban J connectivity index is 1.38. The molecule has 0 N–H and O–H groups in total. The van der Waals surface area contributed by atoms with Gasteiger partial charge in [0, 0.05) is 38.2 Å². The third-order valence-electron chi connectivity index (χ3n) is 6.05. The molecule has 3 aromatic rings. The molecule has 178 valence electrons. The predicted molar refractivity (Wildman–Crippen MR) is 126 cm³/mol. The average molecular weight is 464 g/mol. The van der Waals surface area contributed by atoms with Gasteiger partial charge in [0.1, 0.15) is 18.0 Å². The Morgan fingerprint density at radius 1 is 1.24 bits per heavy atom. The molecule has 1 aliphatic rings. The van der Waals surface area contributed by atoms with Gasteiger partial charge in [-0.2, -0.15) is 10.2 Å². The van der Waals surface area contributed by atoms with E-state index in [1.807, 2.05) is 51.4 Å². The fourth-order valence-corrected chi connectivity index (χ4v) is 4.32. The van der Waals surface area contributed by atoms with Crippen LogP contribution in [0.4, 0.5) is 0 Å². The van der Waals surface area contributed by atoms with Crippen LogP contribution in [0.1, 0.15) is 43.5 Å². The number of carbonyl (C=O) groups excluding carboxylic acids is 2. The minimum absolute atomic E-state index is 0.112. The lowest BCUT2D eigenvalue weighted by Crippen LogP contribution is -2.42. The number of aromatic nitrogens is 4. The number of likely N-dealkylation sites (tertiary alicyclic amines) is 1. The van der Waals surface area contributed by atoms with Crippen LogP contribution in [0, 0.1) is 0 Å². The van der Waals surface area contributed by atoms with E-state index in [-0.39, 0.29) is 42.4 Å². The second kappa shape index (κ2) is 10.0. The van der Waals surface area contributed by atoms with E-state index >= 15 is 0 Å². The largest absolute Gasteiger partial charge is 0.463 e. The van der Waals surface area contributed by atoms with Crippen molar-refractivity contribution < 1.29 is 14.3 Å². The number of nitrogens with zero attached hydrogens (tertiary/aromatic N) is 5. The molecule has 0 radical (unpaired) electrons. The molecule has 34 heavy (non-hydrogen) atoms. The Hall–Kier alpha value is -3.75. The number of amides is 1. The second-order valence-corrected chi connectivity index (χ2v) is 8.84. The first-order valence-electron chi connectivity index (χ1n) is 11.4. The summed E-state index contributed by atoms with van der Waals surface area (Å²) in [4.78, 5) is 38.6. The van der Waals surface area contributed by atoms with Crippen molar-refractivity contribution >= 4 is 11.9 Å². The molecule has 1 aromatic carbocycles. The first-order chi connectivity index (χ1) is 16.3. The van der Waals surface area contributed by atoms with Gasteiger partial charge in [0.05, 0.1) is 24.9 Å². The van der Waals surface area contributed by atoms with Gasteiger partial charge in [0.25, 0.3) is 0 Å². The topological polar surface area (TPSA) is 99.3 Å². The van der Waals surface area contributed by atoms with Crippen LogP contribution in [0.25, 0.3) is 5.69 Å². The van der Waals surface area contributed by atoms with Crippen LogP contribution in [-0.4, -0.2) is 55.0 Å². The van der Waals surface area contributed by atoms with E-state index in [9.17, 15) is 14.4 Å². The zero-order valence-corrected chi connectivity index (χ0v) is 19.7. The number of carbonyl (C=O) groups is 2. The molecule has 0 saturated carbocycles. The SMILES string of the molecule is CC1CCC(=O)N1[C@@H](C)COC(=O)Cc1cccc(Cc2nn(-c3cnn(C)c3)ccc2=O)c1. The van der Waals surface area contributed by atoms with E-state index in [1.165, 1.54) is 6.07 Å². The van der Waals surface area contributed by atoms with Crippen LogP contribution in [0.3, 0.4) is 0 Å². The van der Waals surface area contributed by atoms with Crippen LogP contribution < -0.4 is 5.43 Å². The van der Waals surface area contributed by atoms with Gasteiger partial charge in [0.15, 0.2) is 0 Å². The predicted octanol–water partition coefficient (Wildman–Crippen LogP) is 2.04. The summed E-state index contributed by atoms with van der Waals surface area (Å²) in [6, 6.07) is 9.02. The molecular formula is C25H29N5O4. The molecular weight excluding hydrogens is 434 g/mol. The number of rotatable bonds is 8. The Kier molecular flexibility index (Phi) is 6.90. The first-order valence-corrected chi connectivity index (χ1v) is 11.4. The van der Waals surface area contributed by atoms with Crippen molar-refractivity contribution in [1.29, 1.82) is 0 Å². The number of esters is 1. The van der Waals surface area contributed by atoms with E-state index in [4.69, 9.17) is 4.74 Å². The summed E-state index contributed by atoms with van der Waals surface area (Å²) in [5.74, 6) is -0.235. The molecule has 1 aliphatic heterocycles. The maximum atomic E-state index is 12.4. The first kappa shape index (κ1) is 23.4. The number of hydrogen-bond acceptors (Lipinski definition) is 6. The van der Waals surface area contributed by atoms with Gasteiger partial charge in [-0.05, 0) is 31.4 Å². The lowest BCUT2D eigenvalue weighted by atomic mass is 10.0. The highest BCUT2D eigenvalue weighted by Gasteiger charge is 2.31. The quantitative estimate of drug-likeness (QED) is 0.474. The van der Waals surface area contributed by atoms with Crippen molar-refractivity contribution in [1.82, 2.24) is 24.5 Å². The van der Waals surface area contributed by atoms with Crippen molar-refractivity contribution in [2.75, 3.05) is 6.61 Å². The zero-order chi connectivity index (χ0) is 24.2. The van der Waals surface area contributed by atoms with Crippen LogP contribution in [-0.2, 0) is 34.2 Å². The Labute approximate surface area is 198 Å². The molecule has 2 atom stereocenters. The van der Waals surface area contributed by atoms with E-state index in [0.29, 0.717) is 18.5 Å². The van der Waals surface area contributed by atoms with E-state index in [2.05, 4.69) is 10.2 Å². The Morgan fingerprint density at radius 3 is 2.74 bits per heavy atom. The molecule has 1 unspecified atom stereocenters. The molecule has 9 heteroatoms. The molecule has 0 bridgehead atoms. The highest BCUT2D eigenvalue weighted by molar-refractivity contribution is 5.79. The van der Waals surface area contributed by atoms with Gasteiger partial charge in [-0.25, -0.2) is 4.68 Å². The number of ether oxygens (including phenoxy) is 1. The fourth-order valence-electron chi connectivity index (χ4n) is 4.32. The van der Waals surface area contributed by atoms with Crippen molar-refractivity contribution in [2.24, 2.45) is 7.05 Å². The molecule has 2 aromatic heterocycles. The Bertz CT molecular complexity index is 1250. The minimum atomic E-state index is -0.347. The summed E-state index contributed by atoms with van der Waals surface area (Å²) in [7, 11) is 1.82. The molecule has 0 spiro atoms. The molecule has 0 aliphatic carbocycles. The third-order valence-corrected chi connectivity index (χ3v) is 6.05. The zero-order valence-electron chi connectivity index (χ0n) is 19.7. The molecule has 9 nitrogen and oxygen atoms in total. The average Bonchev–Trinajstić information content (AvgIpc) is 3.38. The van der Waals surface area contributed by atoms with Gasteiger partial charge in [-0.1, -0.05) is 24.3 Å². The number of benzene rings is 1. The number of aryl methyl sites for hydroxylation is 1. The van der Waals surface area contributed by atoms with Crippen LogP contribution >= 0.6 is 0 Å². The maximum Gasteiger partial charge on any atom is 0.310 e. The normalized spacial score (nSPS) is 16.6. The van der Waals surface area contributed by atoms with Crippen LogP contribution in [0.2, 0.25) is 0 Å². The van der Waals surface area contributed by atoms with E-state index < -0.39 is 0 Å². The van der Waals surface area contributed by atoms with Crippen molar-refractivity contribution in [2.45, 2.75) is 51.6 Å². The fraction of sp³-hybridized carbons (Fsp3) is 0.400. The summed E-state index contributed by atoms with van der Waals surface area (Å²) in [5.41, 5.74) is 2.70. The summed E-state index contributed by atoms with van der Waals surface area (Å²) < 4.78 is 8.75. The third kappa shape index (κ3) is 5.41. The highest BCUT2D eigenvalue weighted by Crippen LogP contribution is 2.21. The van der Waals surface area contributed by atoms with E-state index in [1.54, 1.807) is 26.7 Å².